The van der Waals surface area contributed by atoms with Gasteiger partial charge in [-0.25, -0.2) is 4.79 Å². The molecule has 2 aromatic rings. The van der Waals surface area contributed by atoms with Gasteiger partial charge in [-0.3, -0.25) is 14.6 Å². The normalized spacial score (nSPS) is 21.0. The third-order valence-corrected chi connectivity index (χ3v) is 5.97. The Morgan fingerprint density at radius 3 is 2.53 bits per heavy atom. The van der Waals surface area contributed by atoms with Crippen LogP contribution in [-0.4, -0.2) is 65.4 Å². The Bertz CT molecular complexity index is 909. The van der Waals surface area contributed by atoms with Crippen LogP contribution in [0, 0.1) is 0 Å². The number of carbonyl (C=O) groups excluding carboxylic acids is 1. The molecule has 2 saturated heterocycles. The van der Waals surface area contributed by atoms with Crippen LogP contribution in [0.3, 0.4) is 0 Å². The van der Waals surface area contributed by atoms with Gasteiger partial charge in [0.15, 0.2) is 6.04 Å². The molecule has 2 fully saturated rings. The van der Waals surface area contributed by atoms with Gasteiger partial charge in [-0.05, 0) is 23.8 Å². The summed E-state index contributed by atoms with van der Waals surface area (Å²) < 4.78 is 11.3. The Kier molecular flexibility index (Phi) is 5.74. The van der Waals surface area contributed by atoms with Crippen molar-refractivity contribution >= 4 is 11.9 Å². The van der Waals surface area contributed by atoms with Gasteiger partial charge in [-0.1, -0.05) is 36.4 Å². The van der Waals surface area contributed by atoms with Crippen molar-refractivity contribution < 1.29 is 24.2 Å². The van der Waals surface area contributed by atoms with Crippen molar-refractivity contribution in [2.24, 2.45) is 0 Å². The predicted octanol–water partition coefficient (Wildman–Crippen LogP) is 2.61. The number of amides is 1. The van der Waals surface area contributed by atoms with Crippen LogP contribution in [0.5, 0.6) is 5.75 Å². The SMILES string of the molecule is COc1cccc(C(=O)N2C(C(=O)O)COC23CCN(Cc2ccccc2)CC3)c1. The van der Waals surface area contributed by atoms with E-state index in [0.717, 1.165) is 19.6 Å². The lowest BCUT2D eigenvalue weighted by atomic mass is 9.96. The zero-order chi connectivity index (χ0) is 21.1. The van der Waals surface area contributed by atoms with Crippen molar-refractivity contribution in [2.45, 2.75) is 31.2 Å². The highest BCUT2D eigenvalue weighted by molar-refractivity contribution is 5.97. The molecule has 2 aliphatic rings. The largest absolute Gasteiger partial charge is 0.497 e. The number of piperidine rings is 1. The molecule has 30 heavy (non-hydrogen) atoms. The third kappa shape index (κ3) is 3.91. The Morgan fingerprint density at radius 2 is 1.87 bits per heavy atom. The van der Waals surface area contributed by atoms with Crippen LogP contribution in [-0.2, 0) is 16.1 Å². The molecule has 7 heteroatoms. The van der Waals surface area contributed by atoms with Crippen LogP contribution in [0.25, 0.3) is 0 Å². The molecule has 1 N–H and O–H groups in total. The fraction of sp³-hybridized carbons (Fsp3) is 0.391. The van der Waals surface area contributed by atoms with Crippen molar-refractivity contribution in [1.82, 2.24) is 9.80 Å². The first-order valence-corrected chi connectivity index (χ1v) is 10.1. The van der Waals surface area contributed by atoms with E-state index >= 15 is 0 Å². The number of methoxy groups -OCH3 is 1. The Hall–Kier alpha value is -2.90. The number of nitrogens with zero attached hydrogens (tertiary/aromatic N) is 2. The van der Waals surface area contributed by atoms with Gasteiger partial charge in [0.25, 0.3) is 5.91 Å². The van der Waals surface area contributed by atoms with Crippen LogP contribution in [0.4, 0.5) is 0 Å². The molecule has 2 aromatic carbocycles. The first kappa shape index (κ1) is 20.4. The van der Waals surface area contributed by atoms with Gasteiger partial charge < -0.3 is 14.6 Å². The molecule has 2 aliphatic heterocycles. The van der Waals surface area contributed by atoms with Crippen LogP contribution in [0.15, 0.2) is 54.6 Å². The van der Waals surface area contributed by atoms with Gasteiger partial charge in [0.05, 0.1) is 13.7 Å². The van der Waals surface area contributed by atoms with Crippen LogP contribution < -0.4 is 4.74 Å². The first-order valence-electron chi connectivity index (χ1n) is 10.1. The maximum atomic E-state index is 13.4. The standard InChI is InChI=1S/C23H26N2O5/c1-29-19-9-5-8-18(14-19)21(26)25-20(22(27)28)16-30-23(25)10-12-24(13-11-23)15-17-6-3-2-4-7-17/h2-9,14,20H,10-13,15-16H2,1H3,(H,27,28). The Morgan fingerprint density at radius 1 is 1.13 bits per heavy atom. The highest BCUT2D eigenvalue weighted by Crippen LogP contribution is 2.39. The number of aliphatic carboxylic acids is 1. The number of ether oxygens (including phenoxy) is 2. The van der Waals surface area contributed by atoms with E-state index in [1.54, 1.807) is 24.3 Å². The first-order chi connectivity index (χ1) is 14.5. The maximum Gasteiger partial charge on any atom is 0.328 e. The topological polar surface area (TPSA) is 79.3 Å². The average molecular weight is 410 g/mol. The van der Waals surface area contributed by atoms with E-state index in [-0.39, 0.29) is 12.5 Å². The van der Waals surface area contributed by atoms with Crippen molar-refractivity contribution in [1.29, 1.82) is 0 Å². The zero-order valence-corrected chi connectivity index (χ0v) is 17.0. The lowest BCUT2D eigenvalue weighted by molar-refractivity contribution is -0.144. The molecule has 1 spiro atoms. The summed E-state index contributed by atoms with van der Waals surface area (Å²) in [5.41, 5.74) is 0.738. The maximum absolute atomic E-state index is 13.4. The molecule has 1 unspecified atom stereocenters. The monoisotopic (exact) mass is 410 g/mol. The van der Waals surface area contributed by atoms with E-state index in [1.165, 1.54) is 17.6 Å². The second-order valence-electron chi connectivity index (χ2n) is 7.78. The van der Waals surface area contributed by atoms with Crippen molar-refractivity contribution in [3.05, 3.63) is 65.7 Å². The van der Waals surface area contributed by atoms with Crippen LogP contribution >= 0.6 is 0 Å². The summed E-state index contributed by atoms with van der Waals surface area (Å²) in [6.07, 6.45) is 1.14. The van der Waals surface area contributed by atoms with E-state index < -0.39 is 17.7 Å². The summed E-state index contributed by atoms with van der Waals surface area (Å²) in [5, 5.41) is 9.73. The number of likely N-dealkylation sites (tertiary alicyclic amines) is 1. The summed E-state index contributed by atoms with van der Waals surface area (Å²) >= 11 is 0. The number of hydrogen-bond acceptors (Lipinski definition) is 5. The fourth-order valence-corrected chi connectivity index (χ4v) is 4.35. The lowest BCUT2D eigenvalue weighted by Crippen LogP contribution is -2.58. The minimum absolute atomic E-state index is 0.00370. The molecule has 2 heterocycles. The fourth-order valence-electron chi connectivity index (χ4n) is 4.35. The smallest absolute Gasteiger partial charge is 0.328 e. The van der Waals surface area contributed by atoms with Crippen molar-refractivity contribution in [2.75, 3.05) is 26.8 Å². The quantitative estimate of drug-likeness (QED) is 0.816. The molecule has 158 valence electrons. The molecule has 1 amide bonds. The molecule has 7 nitrogen and oxygen atoms in total. The van der Waals surface area contributed by atoms with E-state index in [1.807, 2.05) is 18.2 Å². The van der Waals surface area contributed by atoms with Crippen molar-refractivity contribution in [3.8, 4) is 5.75 Å². The summed E-state index contributed by atoms with van der Waals surface area (Å²) in [4.78, 5) is 29.0. The Labute approximate surface area is 175 Å². The average Bonchev–Trinajstić information content (AvgIpc) is 3.15. The van der Waals surface area contributed by atoms with Gasteiger partial charge in [0, 0.05) is 38.0 Å². The second kappa shape index (κ2) is 8.45. The third-order valence-electron chi connectivity index (χ3n) is 5.97. The number of carboxylic acids is 1. The number of benzene rings is 2. The summed E-state index contributed by atoms with van der Waals surface area (Å²) in [7, 11) is 1.53. The number of carbonyl (C=O) groups is 2. The number of hydrogen-bond donors (Lipinski definition) is 1. The van der Waals surface area contributed by atoms with E-state index in [0.29, 0.717) is 24.2 Å². The molecular formula is C23H26N2O5. The van der Waals surface area contributed by atoms with Gasteiger partial charge in [-0.15, -0.1) is 0 Å². The molecule has 0 bridgehead atoms. The van der Waals surface area contributed by atoms with Gasteiger partial charge in [-0.2, -0.15) is 0 Å². The molecule has 0 radical (unpaired) electrons. The number of rotatable bonds is 5. The van der Waals surface area contributed by atoms with Crippen LogP contribution in [0.2, 0.25) is 0 Å². The highest BCUT2D eigenvalue weighted by Gasteiger charge is 2.54. The molecule has 0 aromatic heterocycles. The molecule has 1 atom stereocenters. The summed E-state index contributed by atoms with van der Waals surface area (Å²) in [6, 6.07) is 16.0. The minimum Gasteiger partial charge on any atom is -0.497 e. The van der Waals surface area contributed by atoms with Crippen molar-refractivity contribution in [3.63, 3.8) is 0 Å². The second-order valence-corrected chi connectivity index (χ2v) is 7.78. The predicted molar refractivity (Wildman–Crippen MR) is 110 cm³/mol. The molecular weight excluding hydrogens is 384 g/mol. The van der Waals surface area contributed by atoms with Gasteiger partial charge in [0.1, 0.15) is 11.5 Å². The van der Waals surface area contributed by atoms with E-state index in [9.17, 15) is 14.7 Å². The van der Waals surface area contributed by atoms with Gasteiger partial charge >= 0.3 is 5.97 Å². The summed E-state index contributed by atoms with van der Waals surface area (Å²) in [5.74, 6) is -0.829. The minimum atomic E-state index is -1.05. The van der Waals surface area contributed by atoms with Gasteiger partial charge in [0.2, 0.25) is 0 Å². The number of carboxylic acid groups (broad SMARTS) is 1. The lowest BCUT2D eigenvalue weighted by Gasteiger charge is -2.44. The molecule has 4 rings (SSSR count). The van der Waals surface area contributed by atoms with E-state index in [2.05, 4.69) is 17.0 Å². The molecule has 0 aliphatic carbocycles. The summed E-state index contributed by atoms with van der Waals surface area (Å²) in [6.45, 7) is 2.28. The highest BCUT2D eigenvalue weighted by atomic mass is 16.5. The van der Waals surface area contributed by atoms with E-state index in [4.69, 9.17) is 9.47 Å². The Balaban J connectivity index is 1.54. The zero-order valence-electron chi connectivity index (χ0n) is 17.0. The van der Waals surface area contributed by atoms with Crippen LogP contribution in [0.1, 0.15) is 28.8 Å². The molecule has 0 saturated carbocycles.